The van der Waals surface area contributed by atoms with Crippen molar-refractivity contribution in [3.05, 3.63) is 84.4 Å². The summed E-state index contributed by atoms with van der Waals surface area (Å²) in [5.41, 5.74) is 3.60. The Hall–Kier alpha value is -3.25. The second-order valence-electron chi connectivity index (χ2n) is 6.84. The minimum absolute atomic E-state index is 0.254. The molecule has 2 heterocycles. The number of carbonyl (C=O) groups excluding carboxylic acids is 1. The molecule has 0 atom stereocenters. The van der Waals surface area contributed by atoms with Gasteiger partial charge < -0.3 is 10.2 Å². The van der Waals surface area contributed by atoms with Crippen molar-refractivity contribution in [1.29, 1.82) is 0 Å². The summed E-state index contributed by atoms with van der Waals surface area (Å²) in [4.78, 5) is 25.0. The summed E-state index contributed by atoms with van der Waals surface area (Å²) in [6, 6.07) is 18.6. The molecule has 3 aromatic rings. The third-order valence-electron chi connectivity index (χ3n) is 4.91. The molecule has 142 valence electrons. The van der Waals surface area contributed by atoms with Crippen LogP contribution in [0.4, 0.5) is 11.4 Å². The zero-order valence-electron chi connectivity index (χ0n) is 15.7. The Morgan fingerprint density at radius 1 is 0.929 bits per heavy atom. The fourth-order valence-electron chi connectivity index (χ4n) is 3.37. The van der Waals surface area contributed by atoms with Gasteiger partial charge >= 0.3 is 0 Å². The lowest BCUT2D eigenvalue weighted by atomic mass is 10.2. The maximum Gasteiger partial charge on any atom is 0.275 e. The summed E-state index contributed by atoms with van der Waals surface area (Å²) in [6.07, 6.45) is 4.51. The van der Waals surface area contributed by atoms with Gasteiger partial charge in [-0.2, -0.15) is 0 Å². The number of carbonyl (C=O) groups is 1. The van der Waals surface area contributed by atoms with Crippen molar-refractivity contribution in [1.82, 2.24) is 14.9 Å². The van der Waals surface area contributed by atoms with Crippen LogP contribution in [-0.4, -0.2) is 47.0 Å². The Morgan fingerprint density at radius 3 is 2.36 bits per heavy atom. The van der Waals surface area contributed by atoms with Crippen LogP contribution in [0.25, 0.3) is 0 Å². The van der Waals surface area contributed by atoms with Gasteiger partial charge in [-0.3, -0.25) is 14.7 Å². The number of hydrogen-bond donors (Lipinski definition) is 1. The highest BCUT2D eigenvalue weighted by Crippen LogP contribution is 2.20. The van der Waals surface area contributed by atoms with Crippen molar-refractivity contribution in [2.45, 2.75) is 6.54 Å². The molecule has 0 unspecified atom stereocenters. The van der Waals surface area contributed by atoms with Crippen LogP contribution in [-0.2, 0) is 6.54 Å². The standard InChI is InChI=1S/C22H23N5O/c28-22(21-16-23-10-11-24-21)25-19-6-8-20(9-7-19)27-14-12-26(13-15-27)17-18-4-2-1-3-5-18/h1-11,16H,12-15,17H2,(H,25,28). The van der Waals surface area contributed by atoms with Crippen LogP contribution in [0.2, 0.25) is 0 Å². The van der Waals surface area contributed by atoms with Crippen LogP contribution in [0.5, 0.6) is 0 Å². The zero-order valence-corrected chi connectivity index (χ0v) is 15.7. The van der Waals surface area contributed by atoms with E-state index in [0.29, 0.717) is 5.69 Å². The molecule has 1 saturated heterocycles. The summed E-state index contributed by atoms with van der Waals surface area (Å²) in [5, 5.41) is 2.85. The molecule has 28 heavy (non-hydrogen) atoms. The average Bonchev–Trinajstić information content (AvgIpc) is 2.76. The molecule has 0 bridgehead atoms. The lowest BCUT2D eigenvalue weighted by Gasteiger charge is -2.36. The Kier molecular flexibility index (Phi) is 5.58. The number of benzene rings is 2. The molecule has 1 fully saturated rings. The van der Waals surface area contributed by atoms with Gasteiger partial charge in [-0.25, -0.2) is 4.98 Å². The number of piperazine rings is 1. The van der Waals surface area contributed by atoms with Crippen molar-refractivity contribution < 1.29 is 4.79 Å². The molecule has 0 spiro atoms. The summed E-state index contributed by atoms with van der Waals surface area (Å²) >= 11 is 0. The molecule has 1 N–H and O–H groups in total. The summed E-state index contributed by atoms with van der Waals surface area (Å²) in [5.74, 6) is -0.254. The predicted molar refractivity (Wildman–Crippen MR) is 110 cm³/mol. The van der Waals surface area contributed by atoms with Crippen molar-refractivity contribution in [2.75, 3.05) is 36.4 Å². The molecule has 0 aliphatic carbocycles. The SMILES string of the molecule is O=C(Nc1ccc(N2CCN(Cc3ccccc3)CC2)cc1)c1cnccn1. The molecule has 0 saturated carbocycles. The maximum absolute atomic E-state index is 12.2. The summed E-state index contributed by atoms with van der Waals surface area (Å²) < 4.78 is 0. The fourth-order valence-corrected chi connectivity index (χ4v) is 3.37. The number of amides is 1. The van der Waals surface area contributed by atoms with E-state index < -0.39 is 0 Å². The number of hydrogen-bond acceptors (Lipinski definition) is 5. The zero-order chi connectivity index (χ0) is 19.2. The molecule has 1 aromatic heterocycles. The van der Waals surface area contributed by atoms with Crippen molar-refractivity contribution >= 4 is 17.3 Å². The van der Waals surface area contributed by atoms with E-state index in [2.05, 4.69) is 67.5 Å². The van der Waals surface area contributed by atoms with Gasteiger partial charge in [0.2, 0.25) is 0 Å². The fraction of sp³-hybridized carbons (Fsp3) is 0.227. The van der Waals surface area contributed by atoms with Crippen molar-refractivity contribution in [2.24, 2.45) is 0 Å². The minimum atomic E-state index is -0.254. The lowest BCUT2D eigenvalue weighted by molar-refractivity contribution is 0.102. The Balaban J connectivity index is 1.30. The lowest BCUT2D eigenvalue weighted by Crippen LogP contribution is -2.45. The van der Waals surface area contributed by atoms with Gasteiger partial charge in [0.15, 0.2) is 0 Å². The van der Waals surface area contributed by atoms with Gasteiger partial charge in [-0.15, -0.1) is 0 Å². The molecule has 1 aliphatic rings. The minimum Gasteiger partial charge on any atom is -0.369 e. The second kappa shape index (κ2) is 8.63. The summed E-state index contributed by atoms with van der Waals surface area (Å²) in [6.45, 7) is 5.08. The molecule has 1 amide bonds. The van der Waals surface area contributed by atoms with Crippen LogP contribution in [0.1, 0.15) is 16.1 Å². The van der Waals surface area contributed by atoms with Crippen LogP contribution in [0.3, 0.4) is 0 Å². The molecule has 2 aromatic carbocycles. The molecule has 4 rings (SSSR count). The highest BCUT2D eigenvalue weighted by molar-refractivity contribution is 6.02. The van der Waals surface area contributed by atoms with Crippen LogP contribution in [0, 0.1) is 0 Å². The van der Waals surface area contributed by atoms with Gasteiger partial charge in [0.25, 0.3) is 5.91 Å². The smallest absolute Gasteiger partial charge is 0.275 e. The van der Waals surface area contributed by atoms with E-state index in [9.17, 15) is 4.79 Å². The number of nitrogens with one attached hydrogen (secondary N) is 1. The first-order valence-corrected chi connectivity index (χ1v) is 9.46. The number of aromatic nitrogens is 2. The Bertz CT molecular complexity index is 891. The molecule has 6 heteroatoms. The maximum atomic E-state index is 12.2. The van der Waals surface area contributed by atoms with E-state index in [-0.39, 0.29) is 5.91 Å². The van der Waals surface area contributed by atoms with E-state index >= 15 is 0 Å². The molecular formula is C22H23N5O. The van der Waals surface area contributed by atoms with E-state index in [1.807, 2.05) is 12.1 Å². The first-order valence-electron chi connectivity index (χ1n) is 9.46. The van der Waals surface area contributed by atoms with Crippen LogP contribution >= 0.6 is 0 Å². The number of anilines is 2. The van der Waals surface area contributed by atoms with Crippen molar-refractivity contribution in [3.63, 3.8) is 0 Å². The number of nitrogens with zero attached hydrogens (tertiary/aromatic N) is 4. The number of rotatable bonds is 5. The topological polar surface area (TPSA) is 61.4 Å². The third-order valence-corrected chi connectivity index (χ3v) is 4.91. The molecule has 1 aliphatic heterocycles. The molecular weight excluding hydrogens is 350 g/mol. The van der Waals surface area contributed by atoms with E-state index in [0.717, 1.165) is 38.4 Å². The molecule has 0 radical (unpaired) electrons. The highest BCUT2D eigenvalue weighted by atomic mass is 16.1. The monoisotopic (exact) mass is 373 g/mol. The van der Waals surface area contributed by atoms with Crippen LogP contribution in [0.15, 0.2) is 73.2 Å². The van der Waals surface area contributed by atoms with Gasteiger partial charge in [0, 0.05) is 56.5 Å². The van der Waals surface area contributed by atoms with Gasteiger partial charge in [0.05, 0.1) is 6.20 Å². The van der Waals surface area contributed by atoms with E-state index in [4.69, 9.17) is 0 Å². The Morgan fingerprint density at radius 2 is 1.68 bits per heavy atom. The second-order valence-corrected chi connectivity index (χ2v) is 6.84. The van der Waals surface area contributed by atoms with Crippen LogP contribution < -0.4 is 10.2 Å². The summed E-state index contributed by atoms with van der Waals surface area (Å²) in [7, 11) is 0. The quantitative estimate of drug-likeness (QED) is 0.745. The Labute approximate surface area is 164 Å². The van der Waals surface area contributed by atoms with Gasteiger partial charge in [-0.1, -0.05) is 30.3 Å². The molecule has 6 nitrogen and oxygen atoms in total. The van der Waals surface area contributed by atoms with Gasteiger partial charge in [-0.05, 0) is 29.8 Å². The van der Waals surface area contributed by atoms with E-state index in [1.165, 1.54) is 23.6 Å². The first kappa shape index (κ1) is 18.1. The first-order chi connectivity index (χ1) is 13.8. The average molecular weight is 373 g/mol. The predicted octanol–water partition coefficient (Wildman–Crippen LogP) is 3.05. The third kappa shape index (κ3) is 4.53. The largest absolute Gasteiger partial charge is 0.369 e. The normalized spacial score (nSPS) is 14.6. The van der Waals surface area contributed by atoms with Gasteiger partial charge in [0.1, 0.15) is 5.69 Å². The van der Waals surface area contributed by atoms with Crippen molar-refractivity contribution in [3.8, 4) is 0 Å². The van der Waals surface area contributed by atoms with E-state index in [1.54, 1.807) is 6.20 Å². The highest BCUT2D eigenvalue weighted by Gasteiger charge is 2.17.